The van der Waals surface area contributed by atoms with Crippen molar-refractivity contribution in [2.75, 3.05) is 0 Å². The fraction of sp³-hybridized carbons (Fsp3) is 0.176. The number of allylic oxidation sites excluding steroid dienone is 2. The molecule has 0 aliphatic carbocycles. The lowest BCUT2D eigenvalue weighted by molar-refractivity contribution is 1.19. The average Bonchev–Trinajstić information content (AvgIpc) is 2.43. The second-order valence-corrected chi connectivity index (χ2v) is 5.17. The van der Waals surface area contributed by atoms with E-state index in [4.69, 9.17) is 23.2 Å². The summed E-state index contributed by atoms with van der Waals surface area (Å²) in [5, 5.41) is 1.46. The van der Waals surface area contributed by atoms with Crippen LogP contribution in [0.1, 0.15) is 24.5 Å². The molecule has 0 unspecified atom stereocenters. The Morgan fingerprint density at radius 2 is 1.58 bits per heavy atom. The van der Waals surface area contributed by atoms with E-state index in [0.717, 1.165) is 28.5 Å². The van der Waals surface area contributed by atoms with Gasteiger partial charge >= 0.3 is 0 Å². The lowest BCUT2D eigenvalue weighted by Crippen LogP contribution is -1.88. The molecule has 19 heavy (non-hydrogen) atoms. The number of rotatable bonds is 4. The first-order chi connectivity index (χ1) is 9.22. The van der Waals surface area contributed by atoms with Crippen molar-refractivity contribution in [1.82, 2.24) is 0 Å². The van der Waals surface area contributed by atoms with Crippen LogP contribution in [-0.4, -0.2) is 0 Å². The molecule has 0 N–H and O–H groups in total. The molecular weight excluding hydrogens is 275 g/mol. The first-order valence-corrected chi connectivity index (χ1v) is 7.15. The van der Waals surface area contributed by atoms with Crippen LogP contribution in [0.4, 0.5) is 0 Å². The predicted molar refractivity (Wildman–Crippen MR) is 84.9 cm³/mol. The van der Waals surface area contributed by atoms with Gasteiger partial charge in [-0.15, -0.1) is 0 Å². The van der Waals surface area contributed by atoms with Gasteiger partial charge in [-0.1, -0.05) is 72.6 Å². The molecule has 0 spiro atoms. The molecule has 0 radical (unpaired) electrons. The van der Waals surface area contributed by atoms with Crippen molar-refractivity contribution < 1.29 is 0 Å². The van der Waals surface area contributed by atoms with E-state index in [9.17, 15) is 0 Å². The molecule has 0 nitrogen and oxygen atoms in total. The summed E-state index contributed by atoms with van der Waals surface area (Å²) in [5.41, 5.74) is 3.57. The van der Waals surface area contributed by atoms with Gasteiger partial charge in [-0.2, -0.15) is 0 Å². The zero-order valence-corrected chi connectivity index (χ0v) is 12.4. The number of hydrogen-bond donors (Lipinski definition) is 0. The average molecular weight is 291 g/mol. The summed E-state index contributed by atoms with van der Waals surface area (Å²) >= 11 is 12.4. The number of halogens is 2. The Labute approximate surface area is 124 Å². The Balaban J connectivity index is 2.26. The molecule has 0 aromatic heterocycles. The minimum atomic E-state index is 0.729. The smallest absolute Gasteiger partial charge is 0.0456 e. The molecule has 0 heterocycles. The highest BCUT2D eigenvalue weighted by Gasteiger charge is 2.05. The van der Waals surface area contributed by atoms with E-state index in [1.807, 2.05) is 24.3 Å². The summed E-state index contributed by atoms with van der Waals surface area (Å²) in [6, 6.07) is 16.0. The van der Waals surface area contributed by atoms with E-state index in [1.165, 1.54) is 11.1 Å². The summed E-state index contributed by atoms with van der Waals surface area (Å²) in [4.78, 5) is 0. The molecule has 0 fully saturated rings. The van der Waals surface area contributed by atoms with E-state index >= 15 is 0 Å². The summed E-state index contributed by atoms with van der Waals surface area (Å²) in [7, 11) is 0. The summed E-state index contributed by atoms with van der Waals surface area (Å²) in [5.74, 6) is 0. The Bertz CT molecular complexity index is 551. The third kappa shape index (κ3) is 3.62. The highest BCUT2D eigenvalue weighted by atomic mass is 35.5. The van der Waals surface area contributed by atoms with Crippen molar-refractivity contribution in [2.24, 2.45) is 0 Å². The summed E-state index contributed by atoms with van der Waals surface area (Å²) in [6.45, 7) is 2.16. The maximum absolute atomic E-state index is 6.19. The van der Waals surface area contributed by atoms with E-state index in [-0.39, 0.29) is 0 Å². The minimum absolute atomic E-state index is 0.729. The zero-order chi connectivity index (χ0) is 13.7. The molecule has 0 bridgehead atoms. The first kappa shape index (κ1) is 14.2. The van der Waals surface area contributed by atoms with E-state index in [0.29, 0.717) is 0 Å². The van der Waals surface area contributed by atoms with E-state index < -0.39 is 0 Å². The van der Waals surface area contributed by atoms with E-state index in [2.05, 4.69) is 37.3 Å². The molecule has 2 rings (SSSR count). The van der Waals surface area contributed by atoms with Crippen LogP contribution in [0.25, 0.3) is 5.57 Å². The van der Waals surface area contributed by atoms with Crippen molar-refractivity contribution >= 4 is 28.8 Å². The van der Waals surface area contributed by atoms with Gasteiger partial charge in [-0.3, -0.25) is 0 Å². The molecule has 0 saturated heterocycles. The van der Waals surface area contributed by atoms with Gasteiger partial charge in [0.1, 0.15) is 0 Å². The number of benzene rings is 2. The van der Waals surface area contributed by atoms with Crippen LogP contribution < -0.4 is 0 Å². The minimum Gasteiger partial charge on any atom is -0.0840 e. The normalized spacial score (nSPS) is 11.6. The van der Waals surface area contributed by atoms with Crippen LogP contribution in [0.2, 0.25) is 10.0 Å². The van der Waals surface area contributed by atoms with E-state index in [1.54, 1.807) is 0 Å². The quantitative estimate of drug-likeness (QED) is 0.645. The molecule has 2 heteroatoms. The van der Waals surface area contributed by atoms with Crippen LogP contribution in [-0.2, 0) is 6.42 Å². The van der Waals surface area contributed by atoms with Crippen LogP contribution in [0.15, 0.2) is 54.6 Å². The second-order valence-electron chi connectivity index (χ2n) is 4.35. The van der Waals surface area contributed by atoms with Crippen LogP contribution in [0.5, 0.6) is 0 Å². The van der Waals surface area contributed by atoms with Gasteiger partial charge in [0.05, 0.1) is 0 Å². The molecule has 0 saturated carbocycles. The fourth-order valence-electron chi connectivity index (χ4n) is 2.07. The van der Waals surface area contributed by atoms with Crippen molar-refractivity contribution in [1.29, 1.82) is 0 Å². The molecular formula is C17H16Cl2. The monoisotopic (exact) mass is 290 g/mol. The molecule has 0 amide bonds. The third-order valence-electron chi connectivity index (χ3n) is 3.14. The molecule has 0 aliphatic heterocycles. The van der Waals surface area contributed by atoms with Crippen LogP contribution >= 0.6 is 23.2 Å². The summed E-state index contributed by atoms with van der Waals surface area (Å²) < 4.78 is 0. The van der Waals surface area contributed by atoms with Crippen molar-refractivity contribution in [2.45, 2.75) is 19.8 Å². The maximum Gasteiger partial charge on any atom is 0.0456 e. The first-order valence-electron chi connectivity index (χ1n) is 6.39. The molecule has 2 aromatic rings. The zero-order valence-electron chi connectivity index (χ0n) is 10.9. The Morgan fingerprint density at radius 1 is 0.947 bits per heavy atom. The van der Waals surface area contributed by atoms with Crippen molar-refractivity contribution in [3.05, 3.63) is 75.8 Å². The number of hydrogen-bond acceptors (Lipinski definition) is 0. The predicted octanol–water partition coefficient (Wildman–Crippen LogP) is 6.03. The molecule has 2 aromatic carbocycles. The maximum atomic E-state index is 6.19. The van der Waals surface area contributed by atoms with Gasteiger partial charge in [-0.25, -0.2) is 0 Å². The standard InChI is InChI=1S/C17H16Cl2/c1-2-13(14-7-4-3-5-8-14)11-12-15-16(18)9-6-10-17(15)19/h3-11H,2,12H2,1H3/b13-11+. The van der Waals surface area contributed by atoms with Gasteiger partial charge in [0, 0.05) is 10.0 Å². The highest BCUT2D eigenvalue weighted by molar-refractivity contribution is 6.36. The molecule has 0 aliphatic rings. The van der Waals surface area contributed by atoms with Gasteiger partial charge in [0.25, 0.3) is 0 Å². The van der Waals surface area contributed by atoms with Gasteiger partial charge in [0.2, 0.25) is 0 Å². The fourth-order valence-corrected chi connectivity index (χ4v) is 2.62. The van der Waals surface area contributed by atoms with Gasteiger partial charge < -0.3 is 0 Å². The Hall–Kier alpha value is -1.24. The lowest BCUT2D eigenvalue weighted by Gasteiger charge is -2.07. The summed E-state index contributed by atoms with van der Waals surface area (Å²) in [6.07, 6.45) is 3.96. The Kier molecular flexibility index (Phi) is 5.07. The van der Waals surface area contributed by atoms with Crippen LogP contribution in [0.3, 0.4) is 0 Å². The molecule has 98 valence electrons. The molecule has 0 atom stereocenters. The van der Waals surface area contributed by atoms with Gasteiger partial charge in [0.15, 0.2) is 0 Å². The second kappa shape index (κ2) is 6.79. The SMILES string of the molecule is CC/C(=C\Cc1c(Cl)cccc1Cl)c1ccccc1. The topological polar surface area (TPSA) is 0 Å². The van der Waals surface area contributed by atoms with Crippen LogP contribution in [0, 0.1) is 0 Å². The highest BCUT2D eigenvalue weighted by Crippen LogP contribution is 2.26. The largest absolute Gasteiger partial charge is 0.0840 e. The van der Waals surface area contributed by atoms with Crippen molar-refractivity contribution in [3.63, 3.8) is 0 Å². The van der Waals surface area contributed by atoms with Crippen molar-refractivity contribution in [3.8, 4) is 0 Å². The Morgan fingerprint density at radius 3 is 2.16 bits per heavy atom. The lowest BCUT2D eigenvalue weighted by atomic mass is 10.0. The third-order valence-corrected chi connectivity index (χ3v) is 3.85. The van der Waals surface area contributed by atoms with Gasteiger partial charge in [-0.05, 0) is 41.7 Å².